The number of carboxylic acid groups (broad SMARTS) is 1. The van der Waals surface area contributed by atoms with E-state index in [9.17, 15) is 9.59 Å². The van der Waals surface area contributed by atoms with Gasteiger partial charge in [0.05, 0.1) is 5.41 Å². The van der Waals surface area contributed by atoms with Crippen molar-refractivity contribution in [1.82, 2.24) is 4.90 Å². The molecule has 5 heteroatoms. The Bertz CT molecular complexity index is 293. The van der Waals surface area contributed by atoms with Crippen molar-refractivity contribution in [2.24, 2.45) is 11.1 Å². The molecule has 2 atom stereocenters. The molecule has 1 aliphatic rings. The monoisotopic (exact) mass is 228 g/mol. The Balaban J connectivity index is 2.78. The molecule has 0 saturated heterocycles. The van der Waals surface area contributed by atoms with Gasteiger partial charge in [0, 0.05) is 12.6 Å². The van der Waals surface area contributed by atoms with Crippen LogP contribution in [-0.4, -0.2) is 41.0 Å². The lowest BCUT2D eigenvalue weighted by Crippen LogP contribution is -2.50. The fourth-order valence-corrected chi connectivity index (χ4v) is 2.31. The van der Waals surface area contributed by atoms with Crippen molar-refractivity contribution < 1.29 is 14.7 Å². The number of nitrogens with zero attached hydrogens (tertiary/aromatic N) is 1. The van der Waals surface area contributed by atoms with Crippen LogP contribution in [0.1, 0.15) is 33.1 Å². The van der Waals surface area contributed by atoms with E-state index < -0.39 is 11.4 Å². The number of rotatable bonds is 4. The summed E-state index contributed by atoms with van der Waals surface area (Å²) in [7, 11) is 0. The Morgan fingerprint density at radius 3 is 2.56 bits per heavy atom. The topological polar surface area (TPSA) is 83.6 Å². The lowest BCUT2D eigenvalue weighted by Gasteiger charge is -2.33. The molecule has 0 aromatic heterocycles. The first-order valence-electron chi connectivity index (χ1n) is 5.68. The normalized spacial score (nSPS) is 29.1. The van der Waals surface area contributed by atoms with Crippen LogP contribution >= 0.6 is 0 Å². The average Bonchev–Trinajstić information content (AvgIpc) is 2.56. The number of carbonyl (C=O) groups excluding carboxylic acids is 1. The van der Waals surface area contributed by atoms with E-state index in [1.165, 1.54) is 4.90 Å². The molecule has 0 heterocycles. The fraction of sp³-hybridized carbons (Fsp3) is 0.818. The second-order valence-electron chi connectivity index (χ2n) is 4.63. The van der Waals surface area contributed by atoms with E-state index in [2.05, 4.69) is 0 Å². The van der Waals surface area contributed by atoms with Gasteiger partial charge in [-0.25, -0.2) is 0 Å². The van der Waals surface area contributed by atoms with Gasteiger partial charge < -0.3 is 15.7 Å². The Hall–Kier alpha value is -1.10. The van der Waals surface area contributed by atoms with Gasteiger partial charge in [0.1, 0.15) is 6.54 Å². The van der Waals surface area contributed by atoms with E-state index in [0.717, 1.165) is 19.3 Å². The number of aliphatic carboxylic acids is 1. The first-order chi connectivity index (χ1) is 7.41. The van der Waals surface area contributed by atoms with Crippen LogP contribution in [0.15, 0.2) is 0 Å². The average molecular weight is 228 g/mol. The minimum atomic E-state index is -0.981. The third-order valence-corrected chi connectivity index (χ3v) is 3.51. The maximum absolute atomic E-state index is 12.2. The lowest BCUT2D eigenvalue weighted by atomic mass is 9.83. The molecule has 92 valence electrons. The molecule has 1 saturated carbocycles. The number of hydrogen-bond acceptors (Lipinski definition) is 3. The molecular weight excluding hydrogens is 208 g/mol. The first kappa shape index (κ1) is 13.0. The quantitative estimate of drug-likeness (QED) is 0.731. The summed E-state index contributed by atoms with van der Waals surface area (Å²) in [6.45, 7) is 3.80. The summed E-state index contributed by atoms with van der Waals surface area (Å²) in [5.74, 6) is -1.10. The molecule has 0 aromatic carbocycles. The van der Waals surface area contributed by atoms with Crippen molar-refractivity contribution in [2.75, 3.05) is 13.1 Å². The molecule has 5 nitrogen and oxygen atoms in total. The molecule has 1 rings (SSSR count). The van der Waals surface area contributed by atoms with Crippen LogP contribution in [0.4, 0.5) is 0 Å². The summed E-state index contributed by atoms with van der Waals surface area (Å²) in [5, 5.41) is 8.73. The van der Waals surface area contributed by atoms with Crippen molar-refractivity contribution in [3.05, 3.63) is 0 Å². The first-order valence-corrected chi connectivity index (χ1v) is 5.68. The van der Waals surface area contributed by atoms with E-state index in [0.29, 0.717) is 6.54 Å². The highest BCUT2D eigenvalue weighted by molar-refractivity contribution is 5.86. The van der Waals surface area contributed by atoms with Gasteiger partial charge in [0.25, 0.3) is 0 Å². The van der Waals surface area contributed by atoms with E-state index in [1.54, 1.807) is 6.92 Å². The zero-order valence-corrected chi connectivity index (χ0v) is 9.90. The highest BCUT2D eigenvalue weighted by Gasteiger charge is 2.45. The summed E-state index contributed by atoms with van der Waals surface area (Å²) < 4.78 is 0. The Morgan fingerprint density at radius 2 is 2.19 bits per heavy atom. The molecule has 16 heavy (non-hydrogen) atoms. The maximum Gasteiger partial charge on any atom is 0.323 e. The van der Waals surface area contributed by atoms with Crippen LogP contribution in [0.2, 0.25) is 0 Å². The highest BCUT2D eigenvalue weighted by atomic mass is 16.4. The second-order valence-corrected chi connectivity index (χ2v) is 4.63. The third-order valence-electron chi connectivity index (χ3n) is 3.51. The van der Waals surface area contributed by atoms with Crippen LogP contribution in [0.25, 0.3) is 0 Å². The number of amides is 1. The van der Waals surface area contributed by atoms with Crippen LogP contribution in [-0.2, 0) is 9.59 Å². The van der Waals surface area contributed by atoms with Gasteiger partial charge in [0.15, 0.2) is 0 Å². The Morgan fingerprint density at radius 1 is 1.56 bits per heavy atom. The van der Waals surface area contributed by atoms with Gasteiger partial charge in [-0.1, -0.05) is 6.42 Å². The summed E-state index contributed by atoms with van der Waals surface area (Å²) >= 11 is 0. The maximum atomic E-state index is 12.2. The van der Waals surface area contributed by atoms with Crippen LogP contribution in [0, 0.1) is 5.41 Å². The molecule has 3 N–H and O–H groups in total. The number of nitrogens with two attached hydrogens (primary N) is 1. The van der Waals surface area contributed by atoms with Crippen molar-refractivity contribution in [3.63, 3.8) is 0 Å². The molecule has 1 amide bonds. The number of likely N-dealkylation sites (N-methyl/N-ethyl adjacent to an activating group) is 1. The van der Waals surface area contributed by atoms with E-state index in [-0.39, 0.29) is 18.5 Å². The second kappa shape index (κ2) is 4.82. The Kier molecular flexibility index (Phi) is 3.91. The molecule has 1 aliphatic carbocycles. The van der Waals surface area contributed by atoms with Crippen LogP contribution < -0.4 is 5.73 Å². The standard InChI is InChI=1S/C11H20N2O3/c1-3-13(7-9(14)15)10(16)11(2)6-4-5-8(11)12/h8H,3-7,12H2,1-2H3,(H,14,15). The van der Waals surface area contributed by atoms with E-state index in [1.807, 2.05) is 6.92 Å². The summed E-state index contributed by atoms with van der Waals surface area (Å²) in [5.41, 5.74) is 5.36. The number of hydrogen-bond donors (Lipinski definition) is 2. The molecule has 0 radical (unpaired) electrons. The van der Waals surface area contributed by atoms with E-state index in [4.69, 9.17) is 10.8 Å². The molecule has 0 bridgehead atoms. The van der Waals surface area contributed by atoms with Gasteiger partial charge in [-0.05, 0) is 26.7 Å². The zero-order chi connectivity index (χ0) is 12.3. The molecule has 1 fully saturated rings. The van der Waals surface area contributed by atoms with E-state index >= 15 is 0 Å². The molecule has 0 aliphatic heterocycles. The third kappa shape index (κ3) is 2.35. The molecule has 0 spiro atoms. The van der Waals surface area contributed by atoms with Gasteiger partial charge in [-0.2, -0.15) is 0 Å². The van der Waals surface area contributed by atoms with Crippen molar-refractivity contribution in [2.45, 2.75) is 39.2 Å². The smallest absolute Gasteiger partial charge is 0.323 e. The number of carbonyl (C=O) groups is 2. The van der Waals surface area contributed by atoms with Crippen molar-refractivity contribution >= 4 is 11.9 Å². The van der Waals surface area contributed by atoms with Crippen LogP contribution in [0.5, 0.6) is 0 Å². The summed E-state index contributed by atoms with van der Waals surface area (Å²) in [6.07, 6.45) is 2.53. The van der Waals surface area contributed by atoms with Crippen LogP contribution in [0.3, 0.4) is 0 Å². The minimum absolute atomic E-state index is 0.123. The SMILES string of the molecule is CCN(CC(=O)O)C(=O)C1(C)CCCC1N. The highest BCUT2D eigenvalue weighted by Crippen LogP contribution is 2.38. The fourth-order valence-electron chi connectivity index (χ4n) is 2.31. The van der Waals surface area contributed by atoms with Gasteiger partial charge in [-0.15, -0.1) is 0 Å². The largest absolute Gasteiger partial charge is 0.480 e. The van der Waals surface area contributed by atoms with Crippen molar-refractivity contribution in [1.29, 1.82) is 0 Å². The minimum Gasteiger partial charge on any atom is -0.480 e. The zero-order valence-electron chi connectivity index (χ0n) is 9.90. The molecule has 2 unspecified atom stereocenters. The summed E-state index contributed by atoms with van der Waals surface area (Å²) in [4.78, 5) is 24.2. The predicted molar refractivity (Wildman–Crippen MR) is 59.8 cm³/mol. The van der Waals surface area contributed by atoms with Gasteiger partial charge in [-0.3, -0.25) is 9.59 Å². The lowest BCUT2D eigenvalue weighted by molar-refractivity contribution is -0.149. The van der Waals surface area contributed by atoms with Crippen molar-refractivity contribution in [3.8, 4) is 0 Å². The molecular formula is C11H20N2O3. The number of carboxylic acids is 1. The summed E-state index contributed by atoms with van der Waals surface area (Å²) in [6, 6.07) is -0.150. The van der Waals surface area contributed by atoms with Gasteiger partial charge >= 0.3 is 5.97 Å². The van der Waals surface area contributed by atoms with Gasteiger partial charge in [0.2, 0.25) is 5.91 Å². The predicted octanol–water partition coefficient (Wildman–Crippen LogP) is 0.437. The Labute approximate surface area is 95.6 Å². The molecule has 0 aromatic rings.